The van der Waals surface area contributed by atoms with Crippen LogP contribution in [0.3, 0.4) is 0 Å². The summed E-state index contributed by atoms with van der Waals surface area (Å²) >= 11 is 0. The largest absolute Gasteiger partial charge is 0.373 e. The highest BCUT2D eigenvalue weighted by Crippen LogP contribution is 2.33. The number of rotatable bonds is 4. The lowest BCUT2D eigenvalue weighted by molar-refractivity contribution is 0.0249. The van der Waals surface area contributed by atoms with Crippen LogP contribution in [0, 0.1) is 5.92 Å². The van der Waals surface area contributed by atoms with Crippen molar-refractivity contribution in [1.82, 2.24) is 0 Å². The van der Waals surface area contributed by atoms with Gasteiger partial charge in [-0.2, -0.15) is 0 Å². The zero-order valence-electron chi connectivity index (χ0n) is 9.99. The SMILES string of the molecule is C=C(C)[C@@H]1CCC[C@H]1OCc1ccccc1. The maximum Gasteiger partial charge on any atom is 0.0720 e. The monoisotopic (exact) mass is 216 g/mol. The molecule has 1 fully saturated rings. The van der Waals surface area contributed by atoms with Crippen LogP contribution < -0.4 is 0 Å². The Labute approximate surface area is 98.1 Å². The van der Waals surface area contributed by atoms with Crippen LogP contribution in [0.2, 0.25) is 0 Å². The molecule has 1 nitrogen and oxygen atoms in total. The van der Waals surface area contributed by atoms with Gasteiger partial charge in [-0.15, -0.1) is 0 Å². The van der Waals surface area contributed by atoms with Crippen LogP contribution in [0.25, 0.3) is 0 Å². The third kappa shape index (κ3) is 2.73. The van der Waals surface area contributed by atoms with Gasteiger partial charge in [0.2, 0.25) is 0 Å². The van der Waals surface area contributed by atoms with E-state index in [1.807, 2.05) is 6.07 Å². The summed E-state index contributed by atoms with van der Waals surface area (Å²) in [5.41, 5.74) is 2.53. The number of benzene rings is 1. The highest BCUT2D eigenvalue weighted by atomic mass is 16.5. The summed E-state index contributed by atoms with van der Waals surface area (Å²) < 4.78 is 6.00. The van der Waals surface area contributed by atoms with Crippen LogP contribution >= 0.6 is 0 Å². The molecule has 2 atom stereocenters. The molecule has 0 N–H and O–H groups in total. The molecule has 0 saturated heterocycles. The predicted molar refractivity (Wildman–Crippen MR) is 67.2 cm³/mol. The second-order valence-electron chi connectivity index (χ2n) is 4.72. The third-order valence-corrected chi connectivity index (χ3v) is 3.39. The molecule has 0 amide bonds. The minimum Gasteiger partial charge on any atom is -0.373 e. The molecule has 1 heteroatoms. The summed E-state index contributed by atoms with van der Waals surface area (Å²) in [6.07, 6.45) is 4.09. The molecule has 0 aliphatic heterocycles. The van der Waals surface area contributed by atoms with Crippen molar-refractivity contribution < 1.29 is 4.74 Å². The summed E-state index contributed by atoms with van der Waals surface area (Å²) in [5, 5.41) is 0. The van der Waals surface area contributed by atoms with Gasteiger partial charge in [-0.05, 0) is 25.3 Å². The van der Waals surface area contributed by atoms with Gasteiger partial charge in [0.15, 0.2) is 0 Å². The molecule has 16 heavy (non-hydrogen) atoms. The van der Waals surface area contributed by atoms with Crippen LogP contribution in [0.5, 0.6) is 0 Å². The van der Waals surface area contributed by atoms with E-state index in [9.17, 15) is 0 Å². The van der Waals surface area contributed by atoms with E-state index < -0.39 is 0 Å². The van der Waals surface area contributed by atoms with Crippen molar-refractivity contribution in [3.05, 3.63) is 48.0 Å². The fraction of sp³-hybridized carbons (Fsp3) is 0.467. The summed E-state index contributed by atoms with van der Waals surface area (Å²) in [6, 6.07) is 10.4. The Hall–Kier alpha value is -1.08. The molecule has 0 bridgehead atoms. The van der Waals surface area contributed by atoms with Gasteiger partial charge in [0.25, 0.3) is 0 Å². The fourth-order valence-electron chi connectivity index (χ4n) is 2.47. The van der Waals surface area contributed by atoms with Crippen LogP contribution in [0.1, 0.15) is 31.7 Å². The predicted octanol–water partition coefficient (Wildman–Crippen LogP) is 3.95. The molecule has 1 aromatic rings. The van der Waals surface area contributed by atoms with Crippen molar-refractivity contribution in [2.24, 2.45) is 5.92 Å². The molecule has 0 unspecified atom stereocenters. The lowest BCUT2D eigenvalue weighted by Gasteiger charge is -2.20. The Morgan fingerprint density at radius 3 is 2.75 bits per heavy atom. The van der Waals surface area contributed by atoms with Crippen molar-refractivity contribution in [1.29, 1.82) is 0 Å². The van der Waals surface area contributed by atoms with E-state index in [4.69, 9.17) is 4.74 Å². The summed E-state index contributed by atoms with van der Waals surface area (Å²) in [4.78, 5) is 0. The van der Waals surface area contributed by atoms with E-state index >= 15 is 0 Å². The minimum atomic E-state index is 0.387. The van der Waals surface area contributed by atoms with Crippen LogP contribution in [0.4, 0.5) is 0 Å². The van der Waals surface area contributed by atoms with E-state index in [2.05, 4.69) is 37.8 Å². The van der Waals surface area contributed by atoms with Gasteiger partial charge < -0.3 is 4.74 Å². The van der Waals surface area contributed by atoms with Crippen LogP contribution in [-0.4, -0.2) is 6.10 Å². The molecule has 1 aliphatic carbocycles. The van der Waals surface area contributed by atoms with E-state index in [1.54, 1.807) is 0 Å². The number of hydrogen-bond donors (Lipinski definition) is 0. The lowest BCUT2D eigenvalue weighted by atomic mass is 9.98. The summed E-state index contributed by atoms with van der Waals surface area (Å²) in [5.74, 6) is 0.573. The van der Waals surface area contributed by atoms with Gasteiger partial charge in [-0.25, -0.2) is 0 Å². The Balaban J connectivity index is 1.88. The molecular formula is C15H20O. The first-order valence-electron chi connectivity index (χ1n) is 6.08. The highest BCUT2D eigenvalue weighted by molar-refractivity contribution is 5.13. The molecule has 1 saturated carbocycles. The standard InChI is InChI=1S/C15H20O/c1-12(2)14-9-6-10-15(14)16-11-13-7-4-3-5-8-13/h3-5,7-8,14-15H,1,6,9-11H2,2H3/t14-,15+/m0/s1. The van der Waals surface area contributed by atoms with E-state index in [0.717, 1.165) is 6.61 Å². The van der Waals surface area contributed by atoms with Gasteiger partial charge in [0.1, 0.15) is 0 Å². The van der Waals surface area contributed by atoms with Gasteiger partial charge in [-0.3, -0.25) is 0 Å². The second kappa shape index (κ2) is 5.31. The normalized spacial score (nSPS) is 24.6. The Bertz CT molecular complexity index is 342. The van der Waals surface area contributed by atoms with Crippen molar-refractivity contribution in [3.63, 3.8) is 0 Å². The summed E-state index contributed by atoms with van der Waals surface area (Å²) in [6.45, 7) is 6.91. The molecular weight excluding hydrogens is 196 g/mol. The van der Waals surface area contributed by atoms with Crippen molar-refractivity contribution in [3.8, 4) is 0 Å². The van der Waals surface area contributed by atoms with Gasteiger partial charge in [-0.1, -0.05) is 48.9 Å². The first-order chi connectivity index (χ1) is 7.77. The minimum absolute atomic E-state index is 0.387. The molecule has 0 spiro atoms. The Kier molecular flexibility index (Phi) is 3.79. The quantitative estimate of drug-likeness (QED) is 0.692. The number of hydrogen-bond acceptors (Lipinski definition) is 1. The maximum absolute atomic E-state index is 6.00. The average molecular weight is 216 g/mol. The van der Waals surface area contributed by atoms with Gasteiger partial charge in [0.05, 0.1) is 12.7 Å². The highest BCUT2D eigenvalue weighted by Gasteiger charge is 2.28. The molecule has 0 radical (unpaired) electrons. The smallest absolute Gasteiger partial charge is 0.0720 e. The first-order valence-corrected chi connectivity index (χ1v) is 6.08. The van der Waals surface area contributed by atoms with E-state index in [0.29, 0.717) is 12.0 Å². The molecule has 2 rings (SSSR count). The molecule has 0 heterocycles. The van der Waals surface area contributed by atoms with Crippen molar-refractivity contribution in [2.45, 2.75) is 38.9 Å². The Morgan fingerprint density at radius 2 is 2.06 bits per heavy atom. The van der Waals surface area contributed by atoms with Gasteiger partial charge >= 0.3 is 0 Å². The third-order valence-electron chi connectivity index (χ3n) is 3.39. The zero-order valence-corrected chi connectivity index (χ0v) is 9.99. The molecule has 0 aromatic heterocycles. The zero-order chi connectivity index (χ0) is 11.4. The first kappa shape index (κ1) is 11.4. The second-order valence-corrected chi connectivity index (χ2v) is 4.72. The van der Waals surface area contributed by atoms with Gasteiger partial charge in [0, 0.05) is 5.92 Å². The van der Waals surface area contributed by atoms with Crippen molar-refractivity contribution in [2.75, 3.05) is 0 Å². The van der Waals surface area contributed by atoms with Crippen LogP contribution in [0.15, 0.2) is 42.5 Å². The molecule has 86 valence electrons. The maximum atomic E-state index is 6.00. The van der Waals surface area contributed by atoms with Crippen LogP contribution in [-0.2, 0) is 11.3 Å². The van der Waals surface area contributed by atoms with Crippen molar-refractivity contribution >= 4 is 0 Å². The Morgan fingerprint density at radius 1 is 1.31 bits per heavy atom. The number of ether oxygens (including phenoxy) is 1. The van der Waals surface area contributed by atoms with E-state index in [1.165, 1.54) is 30.4 Å². The fourth-order valence-corrected chi connectivity index (χ4v) is 2.47. The topological polar surface area (TPSA) is 9.23 Å². The molecule has 1 aliphatic rings. The summed E-state index contributed by atoms with van der Waals surface area (Å²) in [7, 11) is 0. The average Bonchev–Trinajstić information content (AvgIpc) is 2.76. The molecule has 1 aromatic carbocycles. The van der Waals surface area contributed by atoms with E-state index in [-0.39, 0.29) is 0 Å². The lowest BCUT2D eigenvalue weighted by Crippen LogP contribution is -2.18.